The van der Waals surface area contributed by atoms with Crippen LogP contribution in [0.3, 0.4) is 0 Å². The number of nitro benzene ring substituents is 1. The quantitative estimate of drug-likeness (QED) is 0.222. The summed E-state index contributed by atoms with van der Waals surface area (Å²) >= 11 is 4.95. The Morgan fingerprint density at radius 1 is 1.40 bits per heavy atom. The number of anilines is 1. The summed E-state index contributed by atoms with van der Waals surface area (Å²) in [6.45, 7) is -0.906. The van der Waals surface area contributed by atoms with Gasteiger partial charge in [0.05, 0.1) is 23.3 Å². The number of nitro groups is 1. The number of nitrogens with one attached hydrogen (secondary N) is 2. The van der Waals surface area contributed by atoms with Gasteiger partial charge < -0.3 is 20.1 Å². The number of thiocarbonyl (C=S) groups is 1. The molecule has 0 amide bonds. The van der Waals surface area contributed by atoms with E-state index in [2.05, 4.69) is 15.4 Å². The lowest BCUT2D eigenvalue weighted by molar-refractivity contribution is -0.384. The Morgan fingerprint density at radius 2 is 2.08 bits per heavy atom. The standard InChI is InChI=1S/C13H15F4N3O4S/c1-23-3-2-18-12(25)19-8-4-9(20(21)22)6-10(5-8)24-7-13(16,17)11(14)15/h4-6,11H,2-3,7H2,1H3,(H2,18,19,25). The first-order valence-corrected chi connectivity index (χ1v) is 7.18. The molecule has 1 rings (SSSR count). The molecule has 1 aromatic carbocycles. The molecule has 0 aliphatic heterocycles. The summed E-state index contributed by atoms with van der Waals surface area (Å²) in [5.74, 6) is -4.76. The largest absolute Gasteiger partial charge is 0.487 e. The molecule has 0 aliphatic carbocycles. The molecule has 0 spiro atoms. The Morgan fingerprint density at radius 3 is 2.64 bits per heavy atom. The Bertz CT molecular complexity index is 619. The van der Waals surface area contributed by atoms with Gasteiger partial charge in [0, 0.05) is 25.8 Å². The lowest BCUT2D eigenvalue weighted by atomic mass is 10.2. The van der Waals surface area contributed by atoms with Crippen LogP contribution in [0.25, 0.3) is 0 Å². The molecule has 0 saturated heterocycles. The van der Waals surface area contributed by atoms with Gasteiger partial charge in [-0.25, -0.2) is 8.78 Å². The minimum Gasteiger partial charge on any atom is -0.487 e. The summed E-state index contributed by atoms with van der Waals surface area (Å²) in [5, 5.41) is 16.3. The normalized spacial score (nSPS) is 11.3. The van der Waals surface area contributed by atoms with Crippen LogP contribution in [0.5, 0.6) is 5.75 Å². The topological polar surface area (TPSA) is 85.7 Å². The van der Waals surface area contributed by atoms with E-state index in [1.807, 2.05) is 0 Å². The summed E-state index contributed by atoms with van der Waals surface area (Å²) in [7, 11) is 1.48. The van der Waals surface area contributed by atoms with Crippen molar-refractivity contribution in [1.29, 1.82) is 0 Å². The van der Waals surface area contributed by atoms with Crippen LogP contribution in [0.1, 0.15) is 0 Å². The smallest absolute Gasteiger partial charge is 0.340 e. The third-order valence-corrected chi connectivity index (χ3v) is 2.95. The van der Waals surface area contributed by atoms with E-state index >= 15 is 0 Å². The highest BCUT2D eigenvalue weighted by atomic mass is 32.1. The van der Waals surface area contributed by atoms with Crippen molar-refractivity contribution in [3.8, 4) is 5.75 Å². The highest BCUT2D eigenvalue weighted by molar-refractivity contribution is 7.80. The molecule has 0 bridgehead atoms. The van der Waals surface area contributed by atoms with Crippen LogP contribution in [0.15, 0.2) is 18.2 Å². The number of hydrogen-bond acceptors (Lipinski definition) is 5. The van der Waals surface area contributed by atoms with Gasteiger partial charge in [-0.05, 0) is 12.2 Å². The van der Waals surface area contributed by atoms with E-state index < -0.39 is 29.6 Å². The summed E-state index contributed by atoms with van der Waals surface area (Å²) in [4.78, 5) is 10.1. The zero-order chi connectivity index (χ0) is 19.0. The first kappa shape index (κ1) is 20.8. The Kier molecular flexibility index (Phi) is 7.77. The van der Waals surface area contributed by atoms with E-state index in [-0.39, 0.29) is 16.5 Å². The number of hydrogen-bond donors (Lipinski definition) is 2. The van der Waals surface area contributed by atoms with E-state index in [1.165, 1.54) is 7.11 Å². The van der Waals surface area contributed by atoms with E-state index in [0.717, 1.165) is 18.2 Å². The van der Waals surface area contributed by atoms with Crippen molar-refractivity contribution < 1.29 is 32.0 Å². The van der Waals surface area contributed by atoms with Crippen molar-refractivity contribution in [2.45, 2.75) is 12.3 Å². The van der Waals surface area contributed by atoms with Crippen LogP contribution in [-0.4, -0.2) is 49.3 Å². The van der Waals surface area contributed by atoms with E-state index in [9.17, 15) is 27.7 Å². The van der Waals surface area contributed by atoms with Gasteiger partial charge in [-0.2, -0.15) is 8.78 Å². The minimum atomic E-state index is -4.38. The molecule has 1 aromatic rings. The second-order valence-electron chi connectivity index (χ2n) is 4.70. The van der Waals surface area contributed by atoms with Gasteiger partial charge in [0.25, 0.3) is 5.69 Å². The first-order chi connectivity index (χ1) is 11.7. The number of benzene rings is 1. The number of halogens is 4. The predicted molar refractivity (Wildman–Crippen MR) is 85.6 cm³/mol. The van der Waals surface area contributed by atoms with Crippen LogP contribution >= 0.6 is 12.2 Å². The van der Waals surface area contributed by atoms with E-state index in [4.69, 9.17) is 17.0 Å². The average Bonchev–Trinajstić information content (AvgIpc) is 2.53. The Labute approximate surface area is 145 Å². The SMILES string of the molecule is COCCNC(=S)Nc1cc(OCC(F)(F)C(F)F)cc([N+](=O)[O-])c1. The monoisotopic (exact) mass is 385 g/mol. The molecule has 0 saturated carbocycles. The number of nitrogens with zero attached hydrogens (tertiary/aromatic N) is 1. The van der Waals surface area contributed by atoms with Gasteiger partial charge in [-0.1, -0.05) is 0 Å². The summed E-state index contributed by atoms with van der Waals surface area (Å²) in [6, 6.07) is 3.05. The fourth-order valence-corrected chi connectivity index (χ4v) is 1.75. The molecule has 2 N–H and O–H groups in total. The summed E-state index contributed by atoms with van der Waals surface area (Å²) < 4.78 is 59.5. The molecule has 0 unspecified atom stereocenters. The number of methoxy groups -OCH3 is 1. The lowest BCUT2D eigenvalue weighted by Gasteiger charge is -2.16. The third kappa shape index (κ3) is 7.05. The van der Waals surface area contributed by atoms with Crippen LogP contribution in [-0.2, 0) is 4.74 Å². The minimum absolute atomic E-state index is 0.0690. The molecule has 12 heteroatoms. The maximum atomic E-state index is 12.9. The predicted octanol–water partition coefficient (Wildman–Crippen LogP) is 2.81. The van der Waals surface area contributed by atoms with E-state index in [0.29, 0.717) is 13.2 Å². The fourth-order valence-electron chi connectivity index (χ4n) is 1.53. The molecule has 0 aliphatic rings. The van der Waals surface area contributed by atoms with Crippen LogP contribution in [0.4, 0.5) is 28.9 Å². The fraction of sp³-hybridized carbons (Fsp3) is 0.462. The Balaban J connectivity index is 2.86. The average molecular weight is 385 g/mol. The molecule has 0 aromatic heterocycles. The van der Waals surface area contributed by atoms with Gasteiger partial charge in [0.15, 0.2) is 11.7 Å². The third-order valence-electron chi connectivity index (χ3n) is 2.70. The molecule has 140 valence electrons. The van der Waals surface area contributed by atoms with Crippen molar-refractivity contribution >= 4 is 28.7 Å². The molecule has 0 atom stereocenters. The van der Waals surface area contributed by atoms with Crippen molar-refractivity contribution in [3.05, 3.63) is 28.3 Å². The van der Waals surface area contributed by atoms with Crippen molar-refractivity contribution in [2.24, 2.45) is 0 Å². The number of non-ortho nitro benzene ring substituents is 1. The van der Waals surface area contributed by atoms with Crippen LogP contribution in [0, 0.1) is 10.1 Å². The lowest BCUT2D eigenvalue weighted by Crippen LogP contribution is -2.33. The maximum Gasteiger partial charge on any atom is 0.340 e. The molecule has 7 nitrogen and oxygen atoms in total. The summed E-state index contributed by atoms with van der Waals surface area (Å²) in [5.41, 5.74) is -0.417. The molecular formula is C13H15F4N3O4S. The molecule has 0 fully saturated rings. The maximum absolute atomic E-state index is 12.9. The zero-order valence-corrected chi connectivity index (χ0v) is 13.7. The van der Waals surface area contributed by atoms with Gasteiger partial charge in [0.1, 0.15) is 5.75 Å². The highest BCUT2D eigenvalue weighted by Crippen LogP contribution is 2.29. The number of ether oxygens (including phenoxy) is 2. The van der Waals surface area contributed by atoms with Crippen LogP contribution in [0.2, 0.25) is 0 Å². The van der Waals surface area contributed by atoms with Gasteiger partial charge in [0.2, 0.25) is 0 Å². The number of rotatable bonds is 9. The second kappa shape index (κ2) is 9.32. The Hall–Kier alpha value is -2.21. The van der Waals surface area contributed by atoms with Gasteiger partial charge in [-0.15, -0.1) is 0 Å². The highest BCUT2D eigenvalue weighted by Gasteiger charge is 2.41. The van der Waals surface area contributed by atoms with E-state index in [1.54, 1.807) is 0 Å². The van der Waals surface area contributed by atoms with Crippen molar-refractivity contribution in [3.63, 3.8) is 0 Å². The molecule has 25 heavy (non-hydrogen) atoms. The van der Waals surface area contributed by atoms with Gasteiger partial charge >= 0.3 is 12.3 Å². The van der Waals surface area contributed by atoms with Crippen molar-refractivity contribution in [2.75, 3.05) is 32.2 Å². The number of alkyl halides is 4. The second-order valence-corrected chi connectivity index (χ2v) is 5.11. The van der Waals surface area contributed by atoms with Crippen molar-refractivity contribution in [1.82, 2.24) is 5.32 Å². The summed E-state index contributed by atoms with van der Waals surface area (Å²) in [6.07, 6.45) is -3.92. The van der Waals surface area contributed by atoms with Crippen LogP contribution < -0.4 is 15.4 Å². The molecule has 0 radical (unpaired) electrons. The molecular weight excluding hydrogens is 370 g/mol. The molecule has 0 heterocycles. The van der Waals surface area contributed by atoms with Gasteiger partial charge in [-0.3, -0.25) is 10.1 Å². The zero-order valence-electron chi connectivity index (χ0n) is 12.9. The first-order valence-electron chi connectivity index (χ1n) is 6.77.